The van der Waals surface area contributed by atoms with E-state index in [0.29, 0.717) is 13.2 Å². The van der Waals surface area contributed by atoms with E-state index in [9.17, 15) is 4.79 Å². The van der Waals surface area contributed by atoms with Gasteiger partial charge in [-0.1, -0.05) is 24.3 Å². The lowest BCUT2D eigenvalue weighted by Crippen LogP contribution is -2.15. The fraction of sp³-hybridized carbons (Fsp3) is 0.267. The highest BCUT2D eigenvalue weighted by Crippen LogP contribution is 2.12. The third kappa shape index (κ3) is 3.45. The van der Waals surface area contributed by atoms with E-state index >= 15 is 0 Å². The van der Waals surface area contributed by atoms with Gasteiger partial charge in [-0.15, -0.1) is 0 Å². The third-order valence-electron chi connectivity index (χ3n) is 2.99. The maximum absolute atomic E-state index is 11.3. The summed E-state index contributed by atoms with van der Waals surface area (Å²) in [4.78, 5) is 11.3. The Bertz CT molecular complexity index is 605. The molecule has 0 radical (unpaired) electrons. The Morgan fingerprint density at radius 3 is 2.58 bits per heavy atom. The second-order valence-corrected chi connectivity index (χ2v) is 4.42. The average molecular weight is 258 g/mol. The van der Waals surface area contributed by atoms with Crippen molar-refractivity contribution in [2.45, 2.75) is 13.2 Å². The first-order chi connectivity index (χ1) is 9.20. The molecule has 0 saturated heterocycles. The van der Waals surface area contributed by atoms with Gasteiger partial charge < -0.3 is 14.6 Å². The lowest BCUT2D eigenvalue weighted by atomic mass is 10.1. The third-order valence-corrected chi connectivity index (χ3v) is 2.99. The molecular formula is C15H18N2O2. The fourth-order valence-electron chi connectivity index (χ4n) is 1.92. The van der Waals surface area contributed by atoms with Crippen LogP contribution in [0.25, 0.3) is 0 Å². The summed E-state index contributed by atoms with van der Waals surface area (Å²) >= 11 is 0. The predicted octanol–water partition coefficient (Wildman–Crippen LogP) is 2.14. The van der Waals surface area contributed by atoms with Crippen molar-refractivity contribution in [3.05, 3.63) is 64.1 Å². The molecule has 0 aliphatic carbocycles. The average Bonchev–Trinajstić information content (AvgIpc) is 2.42. The molecule has 0 fully saturated rings. The normalized spacial score (nSPS) is 10.4. The second-order valence-electron chi connectivity index (χ2n) is 4.42. The molecule has 100 valence electrons. The lowest BCUT2D eigenvalue weighted by molar-refractivity contribution is 0.184. The number of benzene rings is 1. The number of hydrogen-bond donors (Lipinski definition) is 1. The highest BCUT2D eigenvalue weighted by Gasteiger charge is 2.01. The first kappa shape index (κ1) is 13.4. The van der Waals surface area contributed by atoms with E-state index < -0.39 is 0 Å². The summed E-state index contributed by atoms with van der Waals surface area (Å²) in [5.41, 5.74) is 3.28. The van der Waals surface area contributed by atoms with E-state index in [1.54, 1.807) is 37.1 Å². The van der Waals surface area contributed by atoms with Crippen molar-refractivity contribution < 1.29 is 4.74 Å². The van der Waals surface area contributed by atoms with E-state index in [-0.39, 0.29) is 5.56 Å². The van der Waals surface area contributed by atoms with Crippen molar-refractivity contribution in [3.8, 4) is 0 Å². The molecule has 0 spiro atoms. The van der Waals surface area contributed by atoms with Crippen LogP contribution in [-0.4, -0.2) is 11.7 Å². The quantitative estimate of drug-likeness (QED) is 0.893. The van der Waals surface area contributed by atoms with Gasteiger partial charge in [0, 0.05) is 33.0 Å². The Hall–Kier alpha value is -2.07. The molecule has 0 amide bonds. The highest BCUT2D eigenvalue weighted by atomic mass is 16.5. The molecule has 4 heteroatoms. The Morgan fingerprint density at radius 2 is 1.89 bits per heavy atom. The molecule has 0 unspecified atom stereocenters. The summed E-state index contributed by atoms with van der Waals surface area (Å²) in [5, 5.41) is 3.31. The van der Waals surface area contributed by atoms with Gasteiger partial charge in [-0.2, -0.15) is 0 Å². The largest absolute Gasteiger partial charge is 0.380 e. The van der Waals surface area contributed by atoms with Gasteiger partial charge in [0.25, 0.3) is 0 Å². The number of aryl methyl sites for hydroxylation is 1. The minimum atomic E-state index is -0.00895. The SMILES string of the molecule is COCc1ccccc1CNc1ccc(=O)n(C)c1. The zero-order valence-corrected chi connectivity index (χ0v) is 11.2. The topological polar surface area (TPSA) is 43.3 Å². The van der Waals surface area contributed by atoms with Crippen LogP contribution in [0.1, 0.15) is 11.1 Å². The predicted molar refractivity (Wildman–Crippen MR) is 76.2 cm³/mol. The first-order valence-corrected chi connectivity index (χ1v) is 6.17. The van der Waals surface area contributed by atoms with Crippen molar-refractivity contribution in [3.63, 3.8) is 0 Å². The highest BCUT2D eigenvalue weighted by molar-refractivity contribution is 5.42. The first-order valence-electron chi connectivity index (χ1n) is 6.17. The summed E-state index contributed by atoms with van der Waals surface area (Å²) in [5.74, 6) is 0. The molecule has 2 rings (SSSR count). The van der Waals surface area contributed by atoms with Crippen LogP contribution in [0.15, 0.2) is 47.4 Å². The van der Waals surface area contributed by atoms with E-state index in [1.807, 2.05) is 12.1 Å². The zero-order chi connectivity index (χ0) is 13.7. The Balaban J connectivity index is 2.09. The van der Waals surface area contributed by atoms with E-state index in [1.165, 1.54) is 11.1 Å². The molecule has 0 aliphatic rings. The van der Waals surface area contributed by atoms with Crippen molar-refractivity contribution >= 4 is 5.69 Å². The summed E-state index contributed by atoms with van der Waals surface area (Å²) in [6.07, 6.45) is 1.79. The zero-order valence-electron chi connectivity index (χ0n) is 11.2. The number of ether oxygens (including phenoxy) is 1. The number of hydrogen-bond acceptors (Lipinski definition) is 3. The van der Waals surface area contributed by atoms with E-state index in [4.69, 9.17) is 4.74 Å². The molecule has 1 aromatic heterocycles. The fourth-order valence-corrected chi connectivity index (χ4v) is 1.92. The maximum Gasteiger partial charge on any atom is 0.250 e. The second kappa shape index (κ2) is 6.20. The summed E-state index contributed by atoms with van der Waals surface area (Å²) in [6.45, 7) is 1.31. The van der Waals surface area contributed by atoms with Crippen LogP contribution in [0.4, 0.5) is 5.69 Å². The van der Waals surface area contributed by atoms with E-state index in [0.717, 1.165) is 5.69 Å². The molecular weight excluding hydrogens is 240 g/mol. The lowest BCUT2D eigenvalue weighted by Gasteiger charge is -2.11. The van der Waals surface area contributed by atoms with Gasteiger partial charge in [0.2, 0.25) is 5.56 Å². The number of aromatic nitrogens is 1. The van der Waals surface area contributed by atoms with Crippen LogP contribution in [0.3, 0.4) is 0 Å². The van der Waals surface area contributed by atoms with Crippen LogP contribution in [0.5, 0.6) is 0 Å². The molecule has 19 heavy (non-hydrogen) atoms. The molecule has 0 bridgehead atoms. The maximum atomic E-state index is 11.3. The van der Waals surface area contributed by atoms with Gasteiger partial charge in [-0.3, -0.25) is 4.79 Å². The molecule has 4 nitrogen and oxygen atoms in total. The minimum absolute atomic E-state index is 0.00895. The van der Waals surface area contributed by atoms with Crippen LogP contribution in [0.2, 0.25) is 0 Å². The summed E-state index contributed by atoms with van der Waals surface area (Å²) in [6, 6.07) is 11.5. The Morgan fingerprint density at radius 1 is 1.16 bits per heavy atom. The minimum Gasteiger partial charge on any atom is -0.380 e. The standard InChI is InChI=1S/C15H18N2O2/c1-17-10-14(7-8-15(17)18)16-9-12-5-3-4-6-13(12)11-19-2/h3-8,10,16H,9,11H2,1-2H3. The number of anilines is 1. The van der Waals surface area contributed by atoms with Gasteiger partial charge >= 0.3 is 0 Å². The van der Waals surface area contributed by atoms with Crippen molar-refractivity contribution in [2.75, 3.05) is 12.4 Å². The van der Waals surface area contributed by atoms with Crippen LogP contribution in [0, 0.1) is 0 Å². The Kier molecular flexibility index (Phi) is 4.36. The Labute approximate surface area is 112 Å². The summed E-state index contributed by atoms with van der Waals surface area (Å²) < 4.78 is 6.74. The van der Waals surface area contributed by atoms with Gasteiger partial charge in [0.15, 0.2) is 0 Å². The number of nitrogens with zero attached hydrogens (tertiary/aromatic N) is 1. The van der Waals surface area contributed by atoms with Crippen molar-refractivity contribution in [1.82, 2.24) is 4.57 Å². The molecule has 0 atom stereocenters. The van der Waals surface area contributed by atoms with Gasteiger partial charge in [0.05, 0.1) is 12.3 Å². The van der Waals surface area contributed by atoms with Crippen LogP contribution in [-0.2, 0) is 24.9 Å². The molecule has 0 saturated carbocycles. The molecule has 2 aromatic rings. The molecule has 1 N–H and O–H groups in total. The molecule has 1 heterocycles. The van der Waals surface area contributed by atoms with Crippen LogP contribution < -0.4 is 10.9 Å². The number of nitrogens with one attached hydrogen (secondary N) is 1. The van der Waals surface area contributed by atoms with Crippen LogP contribution >= 0.6 is 0 Å². The number of pyridine rings is 1. The number of methoxy groups -OCH3 is 1. The van der Waals surface area contributed by atoms with Gasteiger partial charge in [-0.05, 0) is 17.2 Å². The molecule has 0 aliphatic heterocycles. The van der Waals surface area contributed by atoms with Gasteiger partial charge in [0.1, 0.15) is 0 Å². The van der Waals surface area contributed by atoms with E-state index in [2.05, 4.69) is 17.4 Å². The number of rotatable bonds is 5. The smallest absolute Gasteiger partial charge is 0.250 e. The molecule has 1 aromatic carbocycles. The van der Waals surface area contributed by atoms with Crippen molar-refractivity contribution in [2.24, 2.45) is 7.05 Å². The summed E-state index contributed by atoms with van der Waals surface area (Å²) in [7, 11) is 3.43. The monoisotopic (exact) mass is 258 g/mol. The van der Waals surface area contributed by atoms with Gasteiger partial charge in [-0.25, -0.2) is 0 Å². The van der Waals surface area contributed by atoms with Crippen molar-refractivity contribution in [1.29, 1.82) is 0 Å².